The van der Waals surface area contributed by atoms with Crippen molar-refractivity contribution in [2.45, 2.75) is 31.2 Å². The van der Waals surface area contributed by atoms with Gasteiger partial charge in [-0.1, -0.05) is 11.8 Å². The van der Waals surface area contributed by atoms with Crippen molar-refractivity contribution in [2.24, 2.45) is 5.73 Å². The van der Waals surface area contributed by atoms with Crippen LogP contribution in [-0.4, -0.2) is 27.0 Å². The average Bonchev–Trinajstić information content (AvgIpc) is 2.89. The molecule has 0 saturated carbocycles. The number of nitrogens with two attached hydrogens (primary N) is 2. The molecule has 9 heteroatoms. The van der Waals surface area contributed by atoms with Crippen LogP contribution in [0, 0.1) is 13.8 Å². The standard InChI is InChI=1S/C18H19N5O2S2/c1-8-9(2)26-17-13(8)14(19)22-18(23-17)27-10(3)16(25)21-12-6-4-11(5-7-12)15(20)24/h4-7,10H,1-3H3,(H2,20,24)(H,21,25)(H2,19,22,23)/t10-/m0/s1. The first-order valence-corrected chi connectivity index (χ1v) is 9.86. The number of fused-ring (bicyclic) bond motifs is 1. The fourth-order valence-electron chi connectivity index (χ4n) is 2.49. The third kappa shape index (κ3) is 4.04. The fraction of sp³-hybridized carbons (Fsp3) is 0.222. The van der Waals surface area contributed by atoms with Crippen molar-refractivity contribution in [3.63, 3.8) is 0 Å². The lowest BCUT2D eigenvalue weighted by Crippen LogP contribution is -2.22. The summed E-state index contributed by atoms with van der Waals surface area (Å²) in [5, 5.41) is 3.71. The third-order valence-electron chi connectivity index (χ3n) is 4.12. The van der Waals surface area contributed by atoms with Crippen LogP contribution in [0.25, 0.3) is 10.2 Å². The SMILES string of the molecule is Cc1sc2nc(S[C@@H](C)C(=O)Nc3ccc(C(N)=O)cc3)nc(N)c2c1C. The van der Waals surface area contributed by atoms with Crippen molar-refractivity contribution in [2.75, 3.05) is 11.1 Å². The molecule has 2 amide bonds. The van der Waals surface area contributed by atoms with Crippen molar-refractivity contribution in [3.05, 3.63) is 40.3 Å². The van der Waals surface area contributed by atoms with E-state index in [0.717, 1.165) is 20.7 Å². The first-order valence-electron chi connectivity index (χ1n) is 8.17. The number of aromatic nitrogens is 2. The molecular weight excluding hydrogens is 382 g/mol. The van der Waals surface area contributed by atoms with Crippen LogP contribution in [0.4, 0.5) is 11.5 Å². The molecule has 2 heterocycles. The topological polar surface area (TPSA) is 124 Å². The lowest BCUT2D eigenvalue weighted by Gasteiger charge is -2.12. The van der Waals surface area contributed by atoms with Crippen LogP contribution >= 0.6 is 23.1 Å². The highest BCUT2D eigenvalue weighted by Gasteiger charge is 2.19. The van der Waals surface area contributed by atoms with Gasteiger partial charge in [-0.25, -0.2) is 9.97 Å². The molecule has 140 valence electrons. The van der Waals surface area contributed by atoms with E-state index in [0.29, 0.717) is 22.2 Å². The second-order valence-corrected chi connectivity index (χ2v) is 8.56. The number of rotatable bonds is 5. The first-order chi connectivity index (χ1) is 12.8. The van der Waals surface area contributed by atoms with Crippen LogP contribution in [0.3, 0.4) is 0 Å². The highest BCUT2D eigenvalue weighted by Crippen LogP contribution is 2.34. The Morgan fingerprint density at radius 3 is 2.48 bits per heavy atom. The van der Waals surface area contributed by atoms with Gasteiger partial charge in [0.15, 0.2) is 5.16 Å². The van der Waals surface area contributed by atoms with Crippen molar-refractivity contribution >= 4 is 56.6 Å². The monoisotopic (exact) mass is 401 g/mol. The molecule has 7 nitrogen and oxygen atoms in total. The van der Waals surface area contributed by atoms with E-state index in [4.69, 9.17) is 11.5 Å². The van der Waals surface area contributed by atoms with Crippen LogP contribution in [0.1, 0.15) is 27.7 Å². The number of nitrogen functional groups attached to an aromatic ring is 1. The summed E-state index contributed by atoms with van der Waals surface area (Å²) >= 11 is 2.81. The summed E-state index contributed by atoms with van der Waals surface area (Å²) in [6.07, 6.45) is 0. The Bertz CT molecular complexity index is 1030. The molecular formula is C18H19N5O2S2. The predicted octanol–water partition coefficient (Wildman–Crippen LogP) is 3.11. The molecule has 3 aromatic rings. The van der Waals surface area contributed by atoms with E-state index >= 15 is 0 Å². The molecule has 0 fully saturated rings. The molecule has 0 aliphatic rings. The number of nitrogens with one attached hydrogen (secondary N) is 1. The van der Waals surface area contributed by atoms with Crippen LogP contribution in [0.15, 0.2) is 29.4 Å². The van der Waals surface area contributed by atoms with Crippen molar-refractivity contribution in [1.29, 1.82) is 0 Å². The van der Waals surface area contributed by atoms with Gasteiger partial charge >= 0.3 is 0 Å². The van der Waals surface area contributed by atoms with Gasteiger partial charge in [0.2, 0.25) is 11.8 Å². The number of carbonyl (C=O) groups is 2. The quantitative estimate of drug-likeness (QED) is 0.446. The maximum absolute atomic E-state index is 12.4. The van der Waals surface area contributed by atoms with Gasteiger partial charge in [0, 0.05) is 16.1 Å². The molecule has 0 spiro atoms. The van der Waals surface area contributed by atoms with Crippen LogP contribution < -0.4 is 16.8 Å². The lowest BCUT2D eigenvalue weighted by atomic mass is 10.2. The number of primary amides is 1. The van der Waals surface area contributed by atoms with Gasteiger partial charge in [0.25, 0.3) is 0 Å². The largest absolute Gasteiger partial charge is 0.383 e. The summed E-state index contributed by atoms with van der Waals surface area (Å²) < 4.78 is 0. The lowest BCUT2D eigenvalue weighted by molar-refractivity contribution is -0.115. The minimum atomic E-state index is -0.513. The maximum Gasteiger partial charge on any atom is 0.248 e. The van der Waals surface area contributed by atoms with Crippen molar-refractivity contribution < 1.29 is 9.59 Å². The van der Waals surface area contributed by atoms with E-state index in [-0.39, 0.29) is 5.91 Å². The minimum Gasteiger partial charge on any atom is -0.383 e. The summed E-state index contributed by atoms with van der Waals surface area (Å²) in [5.74, 6) is -0.285. The van der Waals surface area contributed by atoms with Gasteiger partial charge in [-0.15, -0.1) is 11.3 Å². The number of thioether (sulfide) groups is 1. The second-order valence-electron chi connectivity index (χ2n) is 6.05. The predicted molar refractivity (Wildman–Crippen MR) is 110 cm³/mol. The summed E-state index contributed by atoms with van der Waals surface area (Å²) in [5.41, 5.74) is 13.4. The summed E-state index contributed by atoms with van der Waals surface area (Å²) in [6, 6.07) is 6.39. The molecule has 0 aliphatic carbocycles. The van der Waals surface area contributed by atoms with Crippen LogP contribution in [0.5, 0.6) is 0 Å². The Morgan fingerprint density at radius 2 is 1.85 bits per heavy atom. The average molecular weight is 402 g/mol. The zero-order chi connectivity index (χ0) is 19.7. The number of thiophene rings is 1. The van der Waals surface area contributed by atoms with Crippen LogP contribution in [-0.2, 0) is 4.79 Å². The first kappa shape index (κ1) is 19.1. The maximum atomic E-state index is 12.4. The number of carbonyl (C=O) groups excluding carboxylic acids is 2. The normalized spacial score (nSPS) is 12.1. The molecule has 27 heavy (non-hydrogen) atoms. The molecule has 0 radical (unpaired) electrons. The van der Waals surface area contributed by atoms with E-state index in [9.17, 15) is 9.59 Å². The van der Waals surface area contributed by atoms with E-state index < -0.39 is 11.2 Å². The number of aryl methyl sites for hydroxylation is 2. The van der Waals surface area contributed by atoms with Crippen molar-refractivity contribution in [3.8, 4) is 0 Å². The highest BCUT2D eigenvalue weighted by atomic mass is 32.2. The summed E-state index contributed by atoms with van der Waals surface area (Å²) in [6.45, 7) is 5.79. The number of nitrogens with zero attached hydrogens (tertiary/aromatic N) is 2. The number of hydrogen-bond donors (Lipinski definition) is 3. The number of amides is 2. The Labute approximate surface area is 164 Å². The van der Waals surface area contributed by atoms with Crippen molar-refractivity contribution in [1.82, 2.24) is 9.97 Å². The van der Waals surface area contributed by atoms with Gasteiger partial charge in [-0.05, 0) is 50.6 Å². The Morgan fingerprint density at radius 1 is 1.19 bits per heavy atom. The van der Waals surface area contributed by atoms with Gasteiger partial charge in [-0.3, -0.25) is 9.59 Å². The van der Waals surface area contributed by atoms with Gasteiger partial charge in [0.05, 0.1) is 10.6 Å². The fourth-order valence-corrected chi connectivity index (χ4v) is 4.36. The molecule has 5 N–H and O–H groups in total. The molecule has 0 unspecified atom stereocenters. The molecule has 1 atom stereocenters. The number of benzene rings is 1. The van der Waals surface area contributed by atoms with E-state index in [1.54, 1.807) is 42.5 Å². The number of hydrogen-bond acceptors (Lipinski definition) is 7. The second kappa shape index (κ2) is 7.53. The number of anilines is 2. The molecule has 2 aromatic heterocycles. The van der Waals surface area contributed by atoms with E-state index in [1.165, 1.54) is 11.8 Å². The molecule has 3 rings (SSSR count). The molecule has 0 saturated heterocycles. The Kier molecular flexibility index (Phi) is 5.33. The third-order valence-corrected chi connectivity index (χ3v) is 6.19. The molecule has 0 aliphatic heterocycles. The zero-order valence-corrected chi connectivity index (χ0v) is 16.7. The molecule has 1 aromatic carbocycles. The molecule has 0 bridgehead atoms. The minimum absolute atomic E-state index is 0.201. The van der Waals surface area contributed by atoms with E-state index in [2.05, 4.69) is 15.3 Å². The smallest absolute Gasteiger partial charge is 0.248 e. The summed E-state index contributed by atoms with van der Waals surface area (Å²) in [4.78, 5) is 34.4. The Hall–Kier alpha value is -2.65. The van der Waals surface area contributed by atoms with Gasteiger partial charge < -0.3 is 16.8 Å². The Balaban J connectivity index is 1.72. The van der Waals surface area contributed by atoms with Gasteiger partial charge in [-0.2, -0.15) is 0 Å². The summed E-state index contributed by atoms with van der Waals surface area (Å²) in [7, 11) is 0. The van der Waals surface area contributed by atoms with Crippen LogP contribution in [0.2, 0.25) is 0 Å². The van der Waals surface area contributed by atoms with E-state index in [1.807, 2.05) is 13.8 Å². The van der Waals surface area contributed by atoms with Gasteiger partial charge in [0.1, 0.15) is 10.6 Å². The zero-order valence-electron chi connectivity index (χ0n) is 15.1. The highest BCUT2D eigenvalue weighted by molar-refractivity contribution is 8.00.